The molecule has 2 unspecified atom stereocenters. The van der Waals surface area contributed by atoms with Crippen LogP contribution in [0.1, 0.15) is 32.6 Å². The second kappa shape index (κ2) is 6.27. The van der Waals surface area contributed by atoms with Crippen LogP contribution in [0.15, 0.2) is 16.6 Å². The zero-order valence-electron chi connectivity index (χ0n) is 11.7. The number of nitrogens with one attached hydrogen (secondary N) is 1. The molecule has 2 N–H and O–H groups in total. The van der Waals surface area contributed by atoms with Crippen molar-refractivity contribution in [3.63, 3.8) is 0 Å². The lowest BCUT2D eigenvalue weighted by Crippen LogP contribution is -2.46. The van der Waals surface area contributed by atoms with E-state index in [1.807, 2.05) is 0 Å². The lowest BCUT2D eigenvalue weighted by Gasteiger charge is -2.40. The highest BCUT2D eigenvalue weighted by molar-refractivity contribution is 9.10. The molecule has 0 aromatic heterocycles. The topological polar surface area (TPSA) is 75.4 Å². The van der Waals surface area contributed by atoms with E-state index in [2.05, 4.69) is 28.2 Å². The number of nitro groups is 1. The van der Waals surface area contributed by atoms with Crippen molar-refractivity contribution in [2.75, 3.05) is 11.9 Å². The first-order valence-corrected chi connectivity index (χ1v) is 7.69. The van der Waals surface area contributed by atoms with Crippen molar-refractivity contribution in [3.8, 4) is 0 Å². The van der Waals surface area contributed by atoms with Gasteiger partial charge < -0.3 is 10.4 Å². The van der Waals surface area contributed by atoms with Gasteiger partial charge in [0.1, 0.15) is 11.5 Å². The van der Waals surface area contributed by atoms with E-state index >= 15 is 0 Å². The van der Waals surface area contributed by atoms with Crippen LogP contribution in [0.3, 0.4) is 0 Å². The van der Waals surface area contributed by atoms with Crippen molar-refractivity contribution in [2.45, 2.75) is 38.1 Å². The Morgan fingerprint density at radius 1 is 1.62 bits per heavy atom. The van der Waals surface area contributed by atoms with E-state index in [1.165, 1.54) is 0 Å². The average Bonchev–Trinajstić information content (AvgIpc) is 2.42. The molecule has 1 aromatic carbocycles. The van der Waals surface area contributed by atoms with Crippen molar-refractivity contribution in [1.82, 2.24) is 0 Å². The minimum Gasteiger partial charge on any atom is -0.394 e. The van der Waals surface area contributed by atoms with Crippen LogP contribution in [0.4, 0.5) is 15.8 Å². The number of rotatable bonds is 4. The normalized spacial score (nSPS) is 25.6. The quantitative estimate of drug-likeness (QED) is 0.631. The van der Waals surface area contributed by atoms with Crippen LogP contribution in [-0.4, -0.2) is 22.2 Å². The monoisotopic (exact) mass is 360 g/mol. The minimum atomic E-state index is -0.622. The third kappa shape index (κ3) is 3.52. The maximum absolute atomic E-state index is 13.7. The summed E-state index contributed by atoms with van der Waals surface area (Å²) in [5, 5.41) is 23.9. The molecule has 0 radical (unpaired) electrons. The molecule has 0 amide bonds. The maximum Gasteiger partial charge on any atom is 0.293 e. The Kier molecular flexibility index (Phi) is 4.83. The summed E-state index contributed by atoms with van der Waals surface area (Å²) in [5.74, 6) is -0.155. The molecular formula is C14H18BrFN2O3. The maximum atomic E-state index is 13.7. The van der Waals surface area contributed by atoms with Crippen molar-refractivity contribution in [3.05, 3.63) is 32.5 Å². The largest absolute Gasteiger partial charge is 0.394 e. The van der Waals surface area contributed by atoms with Gasteiger partial charge in [-0.2, -0.15) is 0 Å². The summed E-state index contributed by atoms with van der Waals surface area (Å²) in [5.41, 5.74) is -0.707. The predicted molar refractivity (Wildman–Crippen MR) is 81.8 cm³/mol. The van der Waals surface area contributed by atoms with Crippen molar-refractivity contribution in [1.29, 1.82) is 0 Å². The fourth-order valence-electron chi connectivity index (χ4n) is 3.03. The van der Waals surface area contributed by atoms with Crippen LogP contribution in [0.2, 0.25) is 0 Å². The molecule has 21 heavy (non-hydrogen) atoms. The number of nitrogens with zero attached hydrogens (tertiary/aromatic N) is 1. The molecule has 2 atom stereocenters. The molecule has 0 aliphatic heterocycles. The van der Waals surface area contributed by atoms with E-state index in [0.29, 0.717) is 18.8 Å². The van der Waals surface area contributed by atoms with Gasteiger partial charge in [-0.1, -0.05) is 19.8 Å². The molecule has 0 saturated heterocycles. The van der Waals surface area contributed by atoms with Crippen molar-refractivity contribution < 1.29 is 14.4 Å². The molecule has 1 aliphatic carbocycles. The van der Waals surface area contributed by atoms with E-state index in [-0.39, 0.29) is 22.5 Å². The van der Waals surface area contributed by atoms with Gasteiger partial charge in [0.25, 0.3) is 5.69 Å². The van der Waals surface area contributed by atoms with Crippen LogP contribution in [0, 0.1) is 21.8 Å². The van der Waals surface area contributed by atoms with E-state index in [4.69, 9.17) is 0 Å². The molecule has 0 heterocycles. The Balaban J connectivity index is 2.37. The second-order valence-corrected chi connectivity index (χ2v) is 6.66. The molecule has 1 fully saturated rings. The van der Waals surface area contributed by atoms with E-state index in [9.17, 15) is 19.6 Å². The molecule has 0 bridgehead atoms. The summed E-state index contributed by atoms with van der Waals surface area (Å²) in [6.45, 7) is 1.95. The molecule has 2 rings (SSSR count). The lowest BCUT2D eigenvalue weighted by atomic mass is 9.76. The Morgan fingerprint density at radius 3 is 2.90 bits per heavy atom. The third-order valence-corrected chi connectivity index (χ3v) is 4.64. The van der Waals surface area contributed by atoms with Crippen LogP contribution >= 0.6 is 15.9 Å². The minimum absolute atomic E-state index is 0.0508. The SMILES string of the molecule is CC1CCCC(CO)(Nc2cc(F)c(Br)cc2[N+](=O)[O-])C1. The number of halogens is 2. The number of hydrogen-bond acceptors (Lipinski definition) is 4. The molecule has 7 heteroatoms. The molecule has 5 nitrogen and oxygen atoms in total. The molecule has 1 aliphatic rings. The molecule has 1 saturated carbocycles. The number of nitro benzene ring substituents is 1. The third-order valence-electron chi connectivity index (χ3n) is 4.03. The molecule has 1 aromatic rings. The molecular weight excluding hydrogens is 343 g/mol. The molecule has 116 valence electrons. The Bertz CT molecular complexity index is 555. The fourth-order valence-corrected chi connectivity index (χ4v) is 3.36. The lowest BCUT2D eigenvalue weighted by molar-refractivity contribution is -0.384. The fraction of sp³-hybridized carbons (Fsp3) is 0.571. The van der Waals surface area contributed by atoms with Gasteiger partial charge in [-0.15, -0.1) is 0 Å². The first kappa shape index (κ1) is 16.2. The standard InChI is InChI=1S/C14H18BrFN2O3/c1-9-3-2-4-14(7-9,8-19)17-12-6-11(16)10(15)5-13(12)18(20)21/h5-6,9,17,19H,2-4,7-8H2,1H3. The highest BCUT2D eigenvalue weighted by Crippen LogP contribution is 2.38. The first-order chi connectivity index (χ1) is 9.87. The average molecular weight is 361 g/mol. The number of hydrogen-bond donors (Lipinski definition) is 2. The van der Waals surface area contributed by atoms with Crippen LogP contribution in [0.5, 0.6) is 0 Å². The van der Waals surface area contributed by atoms with Gasteiger partial charge in [-0.25, -0.2) is 4.39 Å². The van der Waals surface area contributed by atoms with Gasteiger partial charge in [-0.3, -0.25) is 10.1 Å². The van der Waals surface area contributed by atoms with Gasteiger partial charge in [-0.05, 0) is 34.7 Å². The van der Waals surface area contributed by atoms with E-state index < -0.39 is 16.3 Å². The van der Waals surface area contributed by atoms with Gasteiger partial charge in [0.2, 0.25) is 0 Å². The number of aliphatic hydroxyl groups is 1. The van der Waals surface area contributed by atoms with Gasteiger partial charge in [0.05, 0.1) is 21.5 Å². The summed E-state index contributed by atoms with van der Waals surface area (Å²) in [6.07, 6.45) is 3.42. The molecule has 0 spiro atoms. The van der Waals surface area contributed by atoms with Crippen LogP contribution in [0.25, 0.3) is 0 Å². The Labute approximate surface area is 130 Å². The zero-order valence-corrected chi connectivity index (χ0v) is 13.3. The van der Waals surface area contributed by atoms with Gasteiger partial charge in [0, 0.05) is 12.1 Å². The van der Waals surface area contributed by atoms with Crippen molar-refractivity contribution in [2.24, 2.45) is 5.92 Å². The zero-order chi connectivity index (χ0) is 15.6. The summed E-state index contributed by atoms with van der Waals surface area (Å²) >= 11 is 2.96. The summed E-state index contributed by atoms with van der Waals surface area (Å²) in [4.78, 5) is 10.6. The number of aliphatic hydroxyl groups excluding tert-OH is 1. The second-order valence-electron chi connectivity index (χ2n) is 5.81. The van der Waals surface area contributed by atoms with Crippen LogP contribution in [-0.2, 0) is 0 Å². The summed E-state index contributed by atoms with van der Waals surface area (Å²) in [6, 6.07) is 2.26. The van der Waals surface area contributed by atoms with E-state index in [0.717, 1.165) is 25.0 Å². The highest BCUT2D eigenvalue weighted by atomic mass is 79.9. The van der Waals surface area contributed by atoms with Gasteiger partial charge >= 0.3 is 0 Å². The van der Waals surface area contributed by atoms with E-state index in [1.54, 1.807) is 0 Å². The first-order valence-electron chi connectivity index (χ1n) is 6.89. The Morgan fingerprint density at radius 2 is 2.33 bits per heavy atom. The van der Waals surface area contributed by atoms with Crippen molar-refractivity contribution >= 4 is 27.3 Å². The van der Waals surface area contributed by atoms with Gasteiger partial charge in [0.15, 0.2) is 0 Å². The number of anilines is 1. The highest BCUT2D eigenvalue weighted by Gasteiger charge is 2.36. The number of benzene rings is 1. The summed E-state index contributed by atoms with van der Waals surface area (Å²) in [7, 11) is 0. The summed E-state index contributed by atoms with van der Waals surface area (Å²) < 4.78 is 13.8. The predicted octanol–water partition coefficient (Wildman–Crippen LogP) is 3.85. The Hall–Kier alpha value is -1.21. The van der Waals surface area contributed by atoms with Crippen LogP contribution < -0.4 is 5.32 Å². The smallest absolute Gasteiger partial charge is 0.293 e.